The molecule has 2 N–H and O–H groups in total. The second kappa shape index (κ2) is 12.2. The van der Waals surface area contributed by atoms with Crippen molar-refractivity contribution in [3.05, 3.63) is 53.6 Å². The van der Waals surface area contributed by atoms with Crippen LogP contribution in [0.5, 0.6) is 5.75 Å². The predicted octanol–water partition coefficient (Wildman–Crippen LogP) is 3.93. The number of carbonyl (C=O) groups excluding carboxylic acids is 3. The lowest BCUT2D eigenvalue weighted by Gasteiger charge is -2.33. The van der Waals surface area contributed by atoms with Gasteiger partial charge in [0.05, 0.1) is 44.5 Å². The normalized spacial score (nSPS) is 28.4. The minimum absolute atomic E-state index is 0.0352. The number of piperidine rings is 1. The molecule has 242 valence electrons. The molecule has 0 radical (unpaired) electrons. The van der Waals surface area contributed by atoms with E-state index in [2.05, 4.69) is 0 Å². The van der Waals surface area contributed by atoms with Crippen LogP contribution in [-0.4, -0.2) is 79.8 Å². The number of nitrogens with zero attached hydrogens (tertiary/aromatic N) is 3. The lowest BCUT2D eigenvalue weighted by molar-refractivity contribution is -0.150. The third-order valence-corrected chi connectivity index (χ3v) is 12.9. The molecule has 3 fully saturated rings. The highest BCUT2D eigenvalue weighted by Crippen LogP contribution is 2.60. The Bertz CT molecular complexity index is 1460. The summed E-state index contributed by atoms with van der Waals surface area (Å²) in [7, 11) is -1.37. The number of anilines is 2. The van der Waals surface area contributed by atoms with E-state index in [0.29, 0.717) is 43.1 Å². The molecule has 2 aromatic carbocycles. The van der Waals surface area contributed by atoms with Gasteiger partial charge in [-0.1, -0.05) is 19.1 Å². The van der Waals surface area contributed by atoms with Gasteiger partial charge < -0.3 is 34.1 Å². The number of methoxy groups -OCH3 is 1. The molecule has 0 aliphatic carbocycles. The maximum atomic E-state index is 14.7. The fourth-order valence-corrected chi connectivity index (χ4v) is 10.8. The second-order valence-corrected chi connectivity index (χ2v) is 17.5. The summed E-state index contributed by atoms with van der Waals surface area (Å²) in [6.45, 7) is 7.16. The molecule has 6 rings (SSSR count). The number of benzene rings is 2. The van der Waals surface area contributed by atoms with Crippen LogP contribution in [0.2, 0.25) is 18.6 Å². The Labute approximate surface area is 266 Å². The molecule has 11 heteroatoms. The molecule has 5 atom stereocenters. The third kappa shape index (κ3) is 5.47. The number of hydrogen-bond donors (Lipinski definition) is 2. The van der Waals surface area contributed by atoms with Crippen molar-refractivity contribution in [2.75, 3.05) is 36.6 Å². The van der Waals surface area contributed by atoms with E-state index in [1.165, 1.54) is 0 Å². The summed E-state index contributed by atoms with van der Waals surface area (Å²) in [4.78, 5) is 57.6. The van der Waals surface area contributed by atoms with Gasteiger partial charge in [-0.3, -0.25) is 14.4 Å². The van der Waals surface area contributed by atoms with Crippen molar-refractivity contribution in [3.63, 3.8) is 0 Å². The Morgan fingerprint density at radius 2 is 1.84 bits per heavy atom. The molecule has 10 nitrogen and oxygen atoms in total. The van der Waals surface area contributed by atoms with Gasteiger partial charge in [0.25, 0.3) is 5.91 Å². The molecule has 3 saturated heterocycles. The summed E-state index contributed by atoms with van der Waals surface area (Å²) in [5.41, 5.74) is 1.38. The number of hydrogen-bond acceptors (Lipinski definition) is 7. The minimum Gasteiger partial charge on any atom is -0.497 e. The highest BCUT2D eigenvalue weighted by molar-refractivity contribution is 6.71. The Kier molecular flexibility index (Phi) is 8.57. The van der Waals surface area contributed by atoms with Gasteiger partial charge in [0.2, 0.25) is 11.8 Å². The molecule has 2 aromatic rings. The molecule has 0 bridgehead atoms. The second-order valence-electron chi connectivity index (χ2n) is 13.6. The summed E-state index contributed by atoms with van der Waals surface area (Å²) < 4.78 is 12.4. The summed E-state index contributed by atoms with van der Waals surface area (Å²) in [5, 5.41) is 9.84. The van der Waals surface area contributed by atoms with Crippen LogP contribution >= 0.6 is 0 Å². The van der Waals surface area contributed by atoms with E-state index in [1.807, 2.05) is 67.4 Å². The monoisotopic (exact) mass is 635 g/mol. The van der Waals surface area contributed by atoms with Gasteiger partial charge in [-0.2, -0.15) is 0 Å². The van der Waals surface area contributed by atoms with Crippen molar-refractivity contribution in [1.82, 2.24) is 4.90 Å². The average Bonchev–Trinajstić information content (AvgIpc) is 3.68. The molecule has 45 heavy (non-hydrogen) atoms. The van der Waals surface area contributed by atoms with Crippen molar-refractivity contribution < 1.29 is 33.8 Å². The average molecular weight is 636 g/mol. The Balaban J connectivity index is 1.33. The predicted molar refractivity (Wildman–Crippen MR) is 172 cm³/mol. The Morgan fingerprint density at radius 1 is 1.09 bits per heavy atom. The quantitative estimate of drug-likeness (QED) is 0.422. The largest absolute Gasteiger partial charge is 0.497 e. The Hall–Kier alpha value is -3.25. The third-order valence-electron chi connectivity index (χ3n) is 10.4. The molecule has 4 aliphatic heterocycles. The van der Waals surface area contributed by atoms with Gasteiger partial charge in [0.1, 0.15) is 5.75 Å². The van der Waals surface area contributed by atoms with Gasteiger partial charge in [-0.15, -0.1) is 0 Å². The zero-order valence-electron chi connectivity index (χ0n) is 26.7. The van der Waals surface area contributed by atoms with Gasteiger partial charge >= 0.3 is 0 Å². The first-order valence-corrected chi connectivity index (χ1v) is 19.2. The molecule has 4 aliphatic rings. The first-order valence-electron chi connectivity index (χ1n) is 16.2. The van der Waals surface area contributed by atoms with Gasteiger partial charge in [0.15, 0.2) is 13.9 Å². The van der Waals surface area contributed by atoms with E-state index in [1.54, 1.807) is 16.9 Å². The summed E-state index contributed by atoms with van der Waals surface area (Å²) in [6, 6.07) is 13.1. The van der Waals surface area contributed by atoms with Crippen LogP contribution < -0.4 is 14.5 Å². The number of aliphatic hydroxyl groups is 1. The maximum absolute atomic E-state index is 14.7. The summed E-state index contributed by atoms with van der Waals surface area (Å²) in [6.07, 6.45) is 3.43. The topological polar surface area (TPSA) is 120 Å². The summed E-state index contributed by atoms with van der Waals surface area (Å²) >= 11 is 0. The van der Waals surface area contributed by atoms with Crippen LogP contribution in [-0.2, 0) is 31.3 Å². The highest BCUT2D eigenvalue weighted by Gasteiger charge is 2.66. The number of likely N-dealkylation sites (tertiary alicyclic amines) is 1. The lowest BCUT2D eigenvalue weighted by atomic mass is 9.82. The van der Waals surface area contributed by atoms with Crippen LogP contribution in [0.4, 0.5) is 11.4 Å². The van der Waals surface area contributed by atoms with E-state index in [0.717, 1.165) is 36.9 Å². The zero-order chi connectivity index (χ0) is 32.1. The van der Waals surface area contributed by atoms with Crippen LogP contribution in [0.3, 0.4) is 0 Å². The maximum Gasteiger partial charge on any atom is 0.264 e. The number of rotatable bonds is 8. The van der Waals surface area contributed by atoms with Crippen LogP contribution in [0.15, 0.2) is 42.5 Å². The van der Waals surface area contributed by atoms with Gasteiger partial charge in [-0.05, 0) is 74.7 Å². The number of fused-ring (bicyclic) bond motifs is 2. The molecule has 0 unspecified atom stereocenters. The molecule has 4 heterocycles. The molecular formula is C34H45N3O7Si. The van der Waals surface area contributed by atoms with Gasteiger partial charge in [0, 0.05) is 42.2 Å². The molecule has 3 amide bonds. The highest BCUT2D eigenvalue weighted by atomic mass is 28.4. The Morgan fingerprint density at radius 3 is 2.51 bits per heavy atom. The minimum atomic E-state index is -2.95. The lowest BCUT2D eigenvalue weighted by Crippen LogP contribution is -2.46. The SMILES string of the molecule is COc1ccc2c(c1)[C@]1(O[C@@H](CC(=O)N3CCC[C@H]3CO)[C@H]([Si](C)(C)O)[C@H]1C)C(=O)N2Cc1ccc(N2CCCCC2=O)cc1. The van der Waals surface area contributed by atoms with Crippen molar-refractivity contribution in [3.8, 4) is 5.75 Å². The standard InChI is InChI=1S/C34H45N3O7Si/c1-22-32(45(3,4)42)29(19-31(40)36-17-7-8-25(36)21-38)44-34(22)27-18-26(43-2)14-15-28(27)37(33(34)41)20-23-10-12-24(13-11-23)35-16-6-5-9-30(35)39/h10-15,18,22,25,29,32,38,42H,5-9,16-17,19-21H2,1-4H3/t22-,25+,29+,32-,34+/m1/s1. The first-order chi connectivity index (χ1) is 21.5. The number of aliphatic hydroxyl groups excluding tert-OH is 1. The van der Waals surface area contributed by atoms with E-state index in [-0.39, 0.29) is 42.3 Å². The number of carbonyl (C=O) groups is 3. The van der Waals surface area contributed by atoms with Crippen molar-refractivity contribution in [1.29, 1.82) is 0 Å². The number of ether oxygens (including phenoxy) is 2. The van der Waals surface area contributed by atoms with Gasteiger partial charge in [-0.25, -0.2) is 0 Å². The van der Waals surface area contributed by atoms with Crippen molar-refractivity contribution >= 4 is 37.4 Å². The smallest absolute Gasteiger partial charge is 0.264 e. The van der Waals surface area contributed by atoms with Crippen LogP contribution in [0, 0.1) is 5.92 Å². The molecular weight excluding hydrogens is 590 g/mol. The van der Waals surface area contributed by atoms with E-state index in [4.69, 9.17) is 9.47 Å². The van der Waals surface area contributed by atoms with Crippen molar-refractivity contribution in [2.45, 2.75) is 88.4 Å². The molecule has 1 spiro atoms. The molecule has 0 saturated carbocycles. The number of amides is 3. The van der Waals surface area contributed by atoms with E-state index < -0.39 is 25.9 Å². The van der Waals surface area contributed by atoms with E-state index in [9.17, 15) is 24.3 Å². The summed E-state index contributed by atoms with van der Waals surface area (Å²) in [5.74, 6) is -0.0281. The zero-order valence-corrected chi connectivity index (χ0v) is 27.7. The van der Waals surface area contributed by atoms with Crippen molar-refractivity contribution in [2.24, 2.45) is 5.92 Å². The van der Waals surface area contributed by atoms with Crippen LogP contribution in [0.1, 0.15) is 56.6 Å². The fourth-order valence-electron chi connectivity index (χ4n) is 8.23. The molecule has 0 aromatic heterocycles. The first kappa shape index (κ1) is 31.7. The van der Waals surface area contributed by atoms with Crippen LogP contribution in [0.25, 0.3) is 0 Å². The van der Waals surface area contributed by atoms with E-state index >= 15 is 0 Å². The fraction of sp³-hybridized carbons (Fsp3) is 0.559.